The lowest BCUT2D eigenvalue weighted by Gasteiger charge is -2.17. The predicted molar refractivity (Wildman–Crippen MR) is 84.9 cm³/mol. The zero-order valence-corrected chi connectivity index (χ0v) is 12.4. The third-order valence-corrected chi connectivity index (χ3v) is 4.43. The lowest BCUT2D eigenvalue weighted by molar-refractivity contribution is 0.572. The topological polar surface area (TPSA) is 12.0 Å². The molecule has 0 heterocycles. The molecule has 0 bridgehead atoms. The molecule has 2 aromatic rings. The average molecular weight is 265 g/mol. The van der Waals surface area contributed by atoms with Crippen LogP contribution in [0.3, 0.4) is 0 Å². The van der Waals surface area contributed by atoms with Gasteiger partial charge in [-0.3, -0.25) is 0 Å². The number of hydrogen-bond acceptors (Lipinski definition) is 1. The van der Waals surface area contributed by atoms with Crippen molar-refractivity contribution in [3.63, 3.8) is 0 Å². The maximum Gasteiger partial charge on any atom is 0.0297 e. The van der Waals surface area contributed by atoms with Gasteiger partial charge in [0.05, 0.1) is 0 Å². The molecular formula is C19H23N. The van der Waals surface area contributed by atoms with Gasteiger partial charge in [0.2, 0.25) is 0 Å². The highest BCUT2D eigenvalue weighted by molar-refractivity contribution is 5.35. The lowest BCUT2D eigenvalue weighted by atomic mass is 10.0. The molecule has 0 radical (unpaired) electrons. The summed E-state index contributed by atoms with van der Waals surface area (Å²) in [5.74, 6) is 0. The van der Waals surface area contributed by atoms with E-state index in [1.807, 2.05) is 0 Å². The molecule has 1 atom stereocenters. The van der Waals surface area contributed by atoms with Gasteiger partial charge in [-0.1, -0.05) is 42.5 Å². The summed E-state index contributed by atoms with van der Waals surface area (Å²) < 4.78 is 0. The van der Waals surface area contributed by atoms with Crippen LogP contribution in [0.15, 0.2) is 42.5 Å². The van der Waals surface area contributed by atoms with Crippen molar-refractivity contribution in [1.82, 2.24) is 5.32 Å². The van der Waals surface area contributed by atoms with Crippen molar-refractivity contribution in [2.45, 2.75) is 45.7 Å². The Morgan fingerprint density at radius 2 is 1.85 bits per heavy atom. The maximum atomic E-state index is 3.65. The van der Waals surface area contributed by atoms with Gasteiger partial charge in [0.15, 0.2) is 0 Å². The van der Waals surface area contributed by atoms with E-state index in [9.17, 15) is 0 Å². The minimum Gasteiger partial charge on any atom is -0.306 e. The molecule has 3 rings (SSSR count). The Morgan fingerprint density at radius 1 is 1.05 bits per heavy atom. The first-order valence-corrected chi connectivity index (χ1v) is 7.63. The van der Waals surface area contributed by atoms with Crippen molar-refractivity contribution >= 4 is 0 Å². The second-order valence-corrected chi connectivity index (χ2v) is 5.92. The Labute approximate surface area is 122 Å². The maximum absolute atomic E-state index is 3.65. The second-order valence-electron chi connectivity index (χ2n) is 5.92. The van der Waals surface area contributed by atoms with Crippen LogP contribution in [0.2, 0.25) is 0 Å². The number of rotatable bonds is 4. The summed E-state index contributed by atoms with van der Waals surface area (Å²) in [4.78, 5) is 0. The van der Waals surface area contributed by atoms with Crippen LogP contribution in [0.1, 0.15) is 47.2 Å². The van der Waals surface area contributed by atoms with Gasteiger partial charge < -0.3 is 5.32 Å². The Morgan fingerprint density at radius 3 is 2.70 bits per heavy atom. The molecule has 1 aliphatic rings. The first kappa shape index (κ1) is 13.4. The summed E-state index contributed by atoms with van der Waals surface area (Å²) in [5, 5.41) is 3.65. The molecular weight excluding hydrogens is 242 g/mol. The highest BCUT2D eigenvalue weighted by Gasteiger charge is 2.11. The van der Waals surface area contributed by atoms with Crippen LogP contribution in [-0.2, 0) is 19.4 Å². The summed E-state index contributed by atoms with van der Waals surface area (Å²) in [6, 6.07) is 16.0. The summed E-state index contributed by atoms with van der Waals surface area (Å²) in [6.45, 7) is 5.38. The quantitative estimate of drug-likeness (QED) is 0.867. The van der Waals surface area contributed by atoms with E-state index in [1.54, 1.807) is 11.1 Å². The van der Waals surface area contributed by atoms with Crippen LogP contribution >= 0.6 is 0 Å². The molecule has 0 amide bonds. The highest BCUT2D eigenvalue weighted by atomic mass is 14.9. The van der Waals surface area contributed by atoms with Gasteiger partial charge in [0.25, 0.3) is 0 Å². The van der Waals surface area contributed by atoms with Crippen molar-refractivity contribution in [3.05, 3.63) is 70.3 Å². The van der Waals surface area contributed by atoms with Crippen molar-refractivity contribution in [2.75, 3.05) is 0 Å². The molecule has 0 spiro atoms. The lowest BCUT2D eigenvalue weighted by Crippen LogP contribution is -2.19. The fourth-order valence-corrected chi connectivity index (χ4v) is 3.19. The zero-order chi connectivity index (χ0) is 13.9. The van der Waals surface area contributed by atoms with Crippen molar-refractivity contribution < 1.29 is 0 Å². The van der Waals surface area contributed by atoms with Gasteiger partial charge in [-0.2, -0.15) is 0 Å². The molecule has 1 nitrogen and oxygen atoms in total. The average Bonchev–Trinajstić information content (AvgIpc) is 2.92. The van der Waals surface area contributed by atoms with Crippen LogP contribution in [0.5, 0.6) is 0 Å². The number of hydrogen-bond donors (Lipinski definition) is 1. The van der Waals surface area contributed by atoms with E-state index in [-0.39, 0.29) is 0 Å². The molecule has 104 valence electrons. The van der Waals surface area contributed by atoms with E-state index < -0.39 is 0 Å². The summed E-state index contributed by atoms with van der Waals surface area (Å²) in [7, 11) is 0. The molecule has 0 saturated carbocycles. The van der Waals surface area contributed by atoms with E-state index in [4.69, 9.17) is 0 Å². The third-order valence-electron chi connectivity index (χ3n) is 4.43. The number of nitrogens with one attached hydrogen (secondary N) is 1. The van der Waals surface area contributed by atoms with Crippen molar-refractivity contribution in [1.29, 1.82) is 0 Å². The smallest absolute Gasteiger partial charge is 0.0297 e. The third kappa shape index (κ3) is 2.78. The van der Waals surface area contributed by atoms with Gasteiger partial charge in [-0.15, -0.1) is 0 Å². The monoisotopic (exact) mass is 265 g/mol. The standard InChI is InChI=1S/C19H23N/c1-14-6-3-4-9-19(14)15(2)20-13-16-10-11-17-7-5-8-18(17)12-16/h3-4,6,9-12,15,20H,5,7-8,13H2,1-2H3/t15-/m0/s1. The van der Waals surface area contributed by atoms with Gasteiger partial charge in [0, 0.05) is 12.6 Å². The summed E-state index contributed by atoms with van der Waals surface area (Å²) in [5.41, 5.74) is 7.29. The van der Waals surface area contributed by atoms with Crippen LogP contribution in [0.25, 0.3) is 0 Å². The van der Waals surface area contributed by atoms with E-state index in [0.29, 0.717) is 6.04 Å². The van der Waals surface area contributed by atoms with Crippen LogP contribution in [-0.4, -0.2) is 0 Å². The molecule has 2 aromatic carbocycles. The van der Waals surface area contributed by atoms with Crippen LogP contribution in [0, 0.1) is 6.92 Å². The van der Waals surface area contributed by atoms with Gasteiger partial charge in [-0.25, -0.2) is 0 Å². The number of fused-ring (bicyclic) bond motifs is 1. The Kier molecular flexibility index (Phi) is 3.88. The molecule has 0 aliphatic heterocycles. The van der Waals surface area contributed by atoms with Crippen LogP contribution in [0.4, 0.5) is 0 Å². The molecule has 1 heteroatoms. The fraction of sp³-hybridized carbons (Fsp3) is 0.368. The molecule has 0 unspecified atom stereocenters. The van der Waals surface area contributed by atoms with Crippen LogP contribution < -0.4 is 5.32 Å². The molecule has 0 saturated heterocycles. The molecule has 1 N–H and O–H groups in total. The number of benzene rings is 2. The van der Waals surface area contributed by atoms with E-state index in [0.717, 1.165) is 6.54 Å². The molecule has 0 fully saturated rings. The minimum absolute atomic E-state index is 0.393. The summed E-state index contributed by atoms with van der Waals surface area (Å²) in [6.07, 6.45) is 3.85. The van der Waals surface area contributed by atoms with Crippen molar-refractivity contribution in [2.24, 2.45) is 0 Å². The molecule has 0 aromatic heterocycles. The fourth-order valence-electron chi connectivity index (χ4n) is 3.19. The largest absolute Gasteiger partial charge is 0.306 e. The van der Waals surface area contributed by atoms with Gasteiger partial charge in [0.1, 0.15) is 0 Å². The Hall–Kier alpha value is -1.60. The van der Waals surface area contributed by atoms with E-state index in [1.165, 1.54) is 36.0 Å². The first-order chi connectivity index (χ1) is 9.74. The zero-order valence-electron chi connectivity index (χ0n) is 12.4. The SMILES string of the molecule is Cc1ccccc1[C@H](C)NCc1ccc2c(c1)CCC2. The Bertz CT molecular complexity index is 600. The van der Waals surface area contributed by atoms with Crippen molar-refractivity contribution in [3.8, 4) is 0 Å². The number of aryl methyl sites for hydroxylation is 3. The molecule has 20 heavy (non-hydrogen) atoms. The Balaban J connectivity index is 1.66. The van der Waals surface area contributed by atoms with Gasteiger partial charge >= 0.3 is 0 Å². The second kappa shape index (κ2) is 5.80. The molecule has 1 aliphatic carbocycles. The normalized spacial score (nSPS) is 15.1. The summed E-state index contributed by atoms with van der Waals surface area (Å²) >= 11 is 0. The predicted octanol–water partition coefficient (Wildman–Crippen LogP) is 4.33. The highest BCUT2D eigenvalue weighted by Crippen LogP contribution is 2.23. The minimum atomic E-state index is 0.393. The van der Waals surface area contributed by atoms with E-state index in [2.05, 4.69) is 61.6 Å². The first-order valence-electron chi connectivity index (χ1n) is 7.63. The van der Waals surface area contributed by atoms with E-state index >= 15 is 0 Å². The van der Waals surface area contributed by atoms with Gasteiger partial charge in [-0.05, 0) is 60.9 Å².